The fraction of sp³-hybridized carbons (Fsp3) is 0.200. The molecule has 1 aliphatic rings. The van der Waals surface area contributed by atoms with Gasteiger partial charge in [-0.15, -0.1) is 0 Å². The van der Waals surface area contributed by atoms with E-state index in [1.165, 1.54) is 20.3 Å². The van der Waals surface area contributed by atoms with Crippen LogP contribution in [0.25, 0.3) is 0 Å². The van der Waals surface area contributed by atoms with Gasteiger partial charge in [-0.25, -0.2) is 8.78 Å². The Morgan fingerprint density at radius 2 is 1.86 bits per heavy atom. The number of hydrogen-bond donors (Lipinski definition) is 3. The highest BCUT2D eigenvalue weighted by molar-refractivity contribution is 7.80. The lowest BCUT2D eigenvalue weighted by molar-refractivity contribution is -0.113. The summed E-state index contributed by atoms with van der Waals surface area (Å²) >= 11 is 5.25. The molecule has 6 nitrogen and oxygen atoms in total. The summed E-state index contributed by atoms with van der Waals surface area (Å²) in [4.78, 5) is 13.0. The van der Waals surface area contributed by atoms with Gasteiger partial charge in [0.05, 0.1) is 25.8 Å². The maximum atomic E-state index is 13.5. The van der Waals surface area contributed by atoms with Crippen LogP contribution in [0.15, 0.2) is 47.7 Å². The first kappa shape index (κ1) is 20.5. The number of hydrogen-bond acceptors (Lipinski definition) is 4. The van der Waals surface area contributed by atoms with Crippen molar-refractivity contribution in [1.29, 1.82) is 0 Å². The zero-order valence-electron chi connectivity index (χ0n) is 15.9. The van der Waals surface area contributed by atoms with Gasteiger partial charge in [0, 0.05) is 23.0 Å². The van der Waals surface area contributed by atoms with E-state index in [-0.39, 0.29) is 5.69 Å². The first-order valence-corrected chi connectivity index (χ1v) is 9.01. The lowest BCUT2D eigenvalue weighted by Crippen LogP contribution is -2.45. The molecular weight excluding hydrogens is 400 g/mol. The number of carbonyl (C=O) groups is 1. The molecule has 0 saturated carbocycles. The number of anilines is 1. The molecule has 1 aliphatic heterocycles. The lowest BCUT2D eigenvalue weighted by atomic mass is 9.94. The molecule has 2 aromatic carbocycles. The Morgan fingerprint density at radius 1 is 1.10 bits per heavy atom. The summed E-state index contributed by atoms with van der Waals surface area (Å²) in [6, 6.07) is 7.68. The van der Waals surface area contributed by atoms with Crippen LogP contribution < -0.4 is 25.4 Å². The van der Waals surface area contributed by atoms with Crippen molar-refractivity contribution in [3.63, 3.8) is 0 Å². The van der Waals surface area contributed by atoms with Crippen LogP contribution in [0.5, 0.6) is 11.5 Å². The molecule has 0 saturated heterocycles. The summed E-state index contributed by atoms with van der Waals surface area (Å²) in [5.74, 6) is -1.46. The fourth-order valence-electron chi connectivity index (χ4n) is 3.07. The highest BCUT2D eigenvalue weighted by Gasteiger charge is 2.32. The van der Waals surface area contributed by atoms with E-state index in [0.717, 1.165) is 12.1 Å². The SMILES string of the molecule is COc1ccc(OC)c([C@H]2NC(=S)NC(C)=C2C(=O)Nc2ccc(F)c(F)c2)c1. The van der Waals surface area contributed by atoms with E-state index in [9.17, 15) is 13.6 Å². The normalized spacial score (nSPS) is 16.0. The molecule has 3 N–H and O–H groups in total. The van der Waals surface area contributed by atoms with Crippen LogP contribution in [0.4, 0.5) is 14.5 Å². The highest BCUT2D eigenvalue weighted by atomic mass is 32.1. The Balaban J connectivity index is 2.02. The van der Waals surface area contributed by atoms with Gasteiger partial charge in [0.25, 0.3) is 5.91 Å². The lowest BCUT2D eigenvalue weighted by Gasteiger charge is -2.31. The molecule has 0 aromatic heterocycles. The topological polar surface area (TPSA) is 71.6 Å². The van der Waals surface area contributed by atoms with Crippen molar-refractivity contribution in [3.8, 4) is 11.5 Å². The molecule has 1 atom stereocenters. The summed E-state index contributed by atoms with van der Waals surface area (Å²) in [5, 5.41) is 8.90. The van der Waals surface area contributed by atoms with Gasteiger partial charge in [-0.05, 0) is 49.5 Å². The zero-order valence-corrected chi connectivity index (χ0v) is 16.7. The minimum absolute atomic E-state index is 0.124. The van der Waals surface area contributed by atoms with Crippen LogP contribution in [0.2, 0.25) is 0 Å². The number of benzene rings is 2. The second-order valence-corrected chi connectivity index (χ2v) is 6.67. The van der Waals surface area contributed by atoms with Crippen molar-refractivity contribution in [2.75, 3.05) is 19.5 Å². The van der Waals surface area contributed by atoms with E-state index in [1.807, 2.05) is 0 Å². The van der Waals surface area contributed by atoms with Crippen LogP contribution in [-0.2, 0) is 4.79 Å². The Hall–Kier alpha value is -3.20. The van der Waals surface area contributed by atoms with E-state index in [4.69, 9.17) is 21.7 Å². The van der Waals surface area contributed by atoms with E-state index in [0.29, 0.717) is 33.4 Å². The average Bonchev–Trinajstić information content (AvgIpc) is 2.69. The molecule has 29 heavy (non-hydrogen) atoms. The molecule has 1 heterocycles. The monoisotopic (exact) mass is 419 g/mol. The van der Waals surface area contributed by atoms with E-state index in [2.05, 4.69) is 16.0 Å². The first-order valence-electron chi connectivity index (χ1n) is 8.60. The summed E-state index contributed by atoms with van der Waals surface area (Å²) in [6.45, 7) is 1.70. The maximum Gasteiger partial charge on any atom is 0.255 e. The molecule has 0 fully saturated rings. The number of allylic oxidation sites excluding steroid dienone is 1. The third kappa shape index (κ3) is 4.29. The van der Waals surface area contributed by atoms with Crippen LogP contribution >= 0.6 is 12.2 Å². The number of methoxy groups -OCH3 is 2. The minimum Gasteiger partial charge on any atom is -0.497 e. The molecule has 152 valence electrons. The van der Waals surface area contributed by atoms with Crippen LogP contribution in [0.3, 0.4) is 0 Å². The Labute approximate surface area is 171 Å². The van der Waals surface area contributed by atoms with Gasteiger partial charge in [-0.1, -0.05) is 0 Å². The summed E-state index contributed by atoms with van der Waals surface area (Å²) in [7, 11) is 3.05. The van der Waals surface area contributed by atoms with Gasteiger partial charge >= 0.3 is 0 Å². The second-order valence-electron chi connectivity index (χ2n) is 6.26. The summed E-state index contributed by atoms with van der Waals surface area (Å²) in [5.41, 5.74) is 1.59. The zero-order chi connectivity index (χ0) is 21.1. The molecule has 0 radical (unpaired) electrons. The van der Waals surface area contributed by atoms with Crippen molar-refractivity contribution in [1.82, 2.24) is 10.6 Å². The standard InChI is InChI=1S/C20H19F2N3O3S/c1-10-17(19(26)24-11-4-6-14(21)15(22)8-11)18(25-20(29)23-10)13-9-12(27-2)5-7-16(13)28-3/h4-9,18H,1-3H3,(H,24,26)(H2,23,25,29)/t18-/m1/s1. The van der Waals surface area contributed by atoms with Gasteiger partial charge in [0.1, 0.15) is 11.5 Å². The highest BCUT2D eigenvalue weighted by Crippen LogP contribution is 2.36. The van der Waals surface area contributed by atoms with E-state index >= 15 is 0 Å². The van der Waals surface area contributed by atoms with Crippen molar-refractivity contribution in [2.45, 2.75) is 13.0 Å². The smallest absolute Gasteiger partial charge is 0.255 e. The molecule has 1 amide bonds. The molecule has 0 aliphatic carbocycles. The van der Waals surface area contributed by atoms with Crippen molar-refractivity contribution < 1.29 is 23.0 Å². The molecule has 0 bridgehead atoms. The third-order valence-electron chi connectivity index (χ3n) is 4.44. The predicted octanol–water partition coefficient (Wildman–Crippen LogP) is 3.41. The van der Waals surface area contributed by atoms with Gasteiger partial charge in [-0.2, -0.15) is 0 Å². The number of ether oxygens (including phenoxy) is 2. The van der Waals surface area contributed by atoms with Gasteiger partial charge < -0.3 is 25.4 Å². The molecule has 3 rings (SSSR count). The first-order chi connectivity index (χ1) is 13.8. The molecule has 0 unspecified atom stereocenters. The number of carbonyl (C=O) groups excluding carboxylic acids is 1. The molecule has 2 aromatic rings. The van der Waals surface area contributed by atoms with Gasteiger partial charge in [0.15, 0.2) is 16.7 Å². The van der Waals surface area contributed by atoms with E-state index in [1.54, 1.807) is 25.1 Å². The minimum atomic E-state index is -1.06. The van der Waals surface area contributed by atoms with Gasteiger partial charge in [-0.3, -0.25) is 4.79 Å². The Kier molecular flexibility index (Phi) is 5.97. The van der Waals surface area contributed by atoms with E-state index < -0.39 is 23.6 Å². The largest absolute Gasteiger partial charge is 0.497 e. The second kappa shape index (κ2) is 8.44. The number of halogens is 2. The van der Waals surface area contributed by atoms with Crippen molar-refractivity contribution >= 4 is 28.9 Å². The third-order valence-corrected chi connectivity index (χ3v) is 4.66. The quantitative estimate of drug-likeness (QED) is 0.646. The number of thiocarbonyl (C=S) groups is 1. The molecule has 9 heteroatoms. The molecule has 0 spiro atoms. The Bertz CT molecular complexity index is 1010. The maximum absolute atomic E-state index is 13.5. The summed E-state index contributed by atoms with van der Waals surface area (Å²) < 4.78 is 37.4. The molecular formula is C20H19F2N3O3S. The number of nitrogens with one attached hydrogen (secondary N) is 3. The van der Waals surface area contributed by atoms with Crippen LogP contribution in [0, 0.1) is 11.6 Å². The fourth-order valence-corrected chi connectivity index (χ4v) is 3.34. The summed E-state index contributed by atoms with van der Waals surface area (Å²) in [6.07, 6.45) is 0. The van der Waals surface area contributed by atoms with Crippen molar-refractivity contribution in [3.05, 3.63) is 64.9 Å². The average molecular weight is 419 g/mol. The van der Waals surface area contributed by atoms with Crippen molar-refractivity contribution in [2.24, 2.45) is 0 Å². The van der Waals surface area contributed by atoms with Gasteiger partial charge in [0.2, 0.25) is 0 Å². The number of rotatable bonds is 5. The van der Waals surface area contributed by atoms with Crippen LogP contribution in [-0.4, -0.2) is 25.2 Å². The number of amides is 1. The van der Waals surface area contributed by atoms with Crippen LogP contribution in [0.1, 0.15) is 18.5 Å². The predicted molar refractivity (Wildman–Crippen MR) is 109 cm³/mol. The Morgan fingerprint density at radius 3 is 2.52 bits per heavy atom.